The van der Waals surface area contributed by atoms with Gasteiger partial charge >= 0.3 is 0 Å². The molecule has 1 unspecified atom stereocenters. The van der Waals surface area contributed by atoms with Crippen molar-refractivity contribution in [3.05, 3.63) is 42.5 Å². The molecule has 0 aliphatic heterocycles. The average Bonchev–Trinajstić information content (AvgIpc) is 2.60. The Hall–Kier alpha value is -2.67. The number of anilines is 1. The Morgan fingerprint density at radius 3 is 2.48 bits per heavy atom. The number of hydrogen-bond acceptors (Lipinski definition) is 4. The molecule has 1 aromatic rings. The number of primary amides is 1. The highest BCUT2D eigenvalue weighted by Gasteiger charge is 2.20. The summed E-state index contributed by atoms with van der Waals surface area (Å²) in [6.07, 6.45) is 1.16. The van der Waals surface area contributed by atoms with E-state index in [9.17, 15) is 14.4 Å². The maximum absolute atomic E-state index is 12.2. The van der Waals surface area contributed by atoms with Gasteiger partial charge in [0.25, 0.3) is 5.91 Å². The molecule has 0 aromatic heterocycles. The van der Waals surface area contributed by atoms with Crippen LogP contribution in [0.4, 0.5) is 5.69 Å². The summed E-state index contributed by atoms with van der Waals surface area (Å²) in [7, 11) is 0. The fourth-order valence-electron chi connectivity index (χ4n) is 2.14. The van der Waals surface area contributed by atoms with Crippen molar-refractivity contribution in [3.8, 4) is 0 Å². The van der Waals surface area contributed by atoms with Gasteiger partial charge in [-0.1, -0.05) is 6.08 Å². The van der Waals surface area contributed by atoms with Crippen LogP contribution in [0.5, 0.6) is 0 Å². The molecular formula is C18H25N3O4. The highest BCUT2D eigenvalue weighted by molar-refractivity contribution is 5.95. The van der Waals surface area contributed by atoms with Crippen molar-refractivity contribution in [3.63, 3.8) is 0 Å². The van der Waals surface area contributed by atoms with Crippen molar-refractivity contribution in [2.24, 2.45) is 5.73 Å². The summed E-state index contributed by atoms with van der Waals surface area (Å²) in [5.74, 6) is -0.913. The number of benzene rings is 1. The van der Waals surface area contributed by atoms with Crippen molar-refractivity contribution in [2.45, 2.75) is 26.4 Å². The Morgan fingerprint density at radius 1 is 1.32 bits per heavy atom. The van der Waals surface area contributed by atoms with Gasteiger partial charge in [0, 0.05) is 30.8 Å². The summed E-state index contributed by atoms with van der Waals surface area (Å²) in [4.78, 5) is 36.9. The van der Waals surface area contributed by atoms with E-state index in [1.807, 2.05) is 6.92 Å². The molecule has 136 valence electrons. The fourth-order valence-corrected chi connectivity index (χ4v) is 2.14. The molecule has 0 radical (unpaired) electrons. The van der Waals surface area contributed by atoms with E-state index in [-0.39, 0.29) is 18.2 Å². The molecule has 1 rings (SSSR count). The number of carbonyl (C=O) groups excluding carboxylic acids is 3. The molecule has 1 atom stereocenters. The molecule has 7 nitrogen and oxygen atoms in total. The molecule has 3 N–H and O–H groups in total. The lowest BCUT2D eigenvalue weighted by Gasteiger charge is -2.24. The number of rotatable bonds is 10. The normalized spacial score (nSPS) is 11.4. The van der Waals surface area contributed by atoms with E-state index in [0.29, 0.717) is 30.9 Å². The van der Waals surface area contributed by atoms with E-state index < -0.39 is 12.0 Å². The first-order valence-electron chi connectivity index (χ1n) is 8.10. The zero-order chi connectivity index (χ0) is 18.8. The summed E-state index contributed by atoms with van der Waals surface area (Å²) in [6.45, 7) is 8.14. The Kier molecular flexibility index (Phi) is 8.35. The topological polar surface area (TPSA) is 102 Å². The van der Waals surface area contributed by atoms with Crippen LogP contribution in [0, 0.1) is 0 Å². The van der Waals surface area contributed by atoms with Crippen LogP contribution in [-0.4, -0.2) is 48.4 Å². The van der Waals surface area contributed by atoms with Gasteiger partial charge in [-0.2, -0.15) is 0 Å². The molecule has 25 heavy (non-hydrogen) atoms. The van der Waals surface area contributed by atoms with E-state index in [4.69, 9.17) is 10.5 Å². The zero-order valence-corrected chi connectivity index (χ0v) is 14.7. The molecule has 0 aliphatic carbocycles. The number of nitrogens with one attached hydrogen (secondary N) is 1. The minimum absolute atomic E-state index is 0.158. The Balaban J connectivity index is 2.51. The molecule has 3 amide bonds. The second-order valence-corrected chi connectivity index (χ2v) is 5.42. The summed E-state index contributed by atoms with van der Waals surface area (Å²) in [5, 5.41) is 2.72. The van der Waals surface area contributed by atoms with Crippen LogP contribution in [0.15, 0.2) is 36.9 Å². The second-order valence-electron chi connectivity index (χ2n) is 5.42. The van der Waals surface area contributed by atoms with Gasteiger partial charge in [-0.15, -0.1) is 6.58 Å². The van der Waals surface area contributed by atoms with Crippen LogP contribution >= 0.6 is 0 Å². The van der Waals surface area contributed by atoms with Crippen molar-refractivity contribution >= 4 is 23.4 Å². The highest BCUT2D eigenvalue weighted by atomic mass is 16.5. The summed E-state index contributed by atoms with van der Waals surface area (Å²) >= 11 is 0. The van der Waals surface area contributed by atoms with Crippen LogP contribution in [-0.2, 0) is 14.3 Å². The summed E-state index contributed by atoms with van der Waals surface area (Å²) in [5.41, 5.74) is 6.10. The smallest absolute Gasteiger partial charge is 0.251 e. The van der Waals surface area contributed by atoms with E-state index in [1.165, 1.54) is 0 Å². The number of carbonyl (C=O) groups is 3. The number of likely N-dealkylation sites (N-methyl/N-ethyl adjacent to an activating group) is 1. The lowest BCUT2D eigenvalue weighted by atomic mass is 10.2. The lowest BCUT2D eigenvalue weighted by molar-refractivity contribution is -0.142. The van der Waals surface area contributed by atoms with Crippen LogP contribution < -0.4 is 11.1 Å². The molecular weight excluding hydrogens is 322 g/mol. The third kappa shape index (κ3) is 6.76. The van der Waals surface area contributed by atoms with E-state index in [2.05, 4.69) is 11.9 Å². The van der Waals surface area contributed by atoms with Gasteiger partial charge in [0.15, 0.2) is 0 Å². The first kappa shape index (κ1) is 20.4. The van der Waals surface area contributed by atoms with E-state index >= 15 is 0 Å². The van der Waals surface area contributed by atoms with Gasteiger partial charge in [-0.25, -0.2) is 0 Å². The monoisotopic (exact) mass is 347 g/mol. The largest absolute Gasteiger partial charge is 0.366 e. The standard InChI is InChI=1S/C18H25N3O4/c1-4-12-25-13(3)18(24)21(5-2)11-10-16(22)20-15-8-6-14(7-9-15)17(19)23/h4,6-9,13H,1,5,10-12H2,2-3H3,(H2,19,23)(H,20,22). The molecule has 0 saturated carbocycles. The van der Waals surface area contributed by atoms with Crippen molar-refractivity contribution in [1.82, 2.24) is 4.90 Å². The molecule has 0 saturated heterocycles. The van der Waals surface area contributed by atoms with Crippen LogP contribution in [0.1, 0.15) is 30.6 Å². The third-order valence-corrected chi connectivity index (χ3v) is 3.57. The molecule has 0 bridgehead atoms. The number of nitrogens with two attached hydrogens (primary N) is 1. The third-order valence-electron chi connectivity index (χ3n) is 3.57. The van der Waals surface area contributed by atoms with Crippen LogP contribution in [0.25, 0.3) is 0 Å². The predicted octanol–water partition coefficient (Wildman–Crippen LogP) is 1.55. The van der Waals surface area contributed by atoms with Gasteiger partial charge in [0.2, 0.25) is 11.8 Å². The number of ether oxygens (including phenoxy) is 1. The Labute approximate surface area is 147 Å². The first-order chi connectivity index (χ1) is 11.9. The van der Waals surface area contributed by atoms with Gasteiger partial charge in [0.1, 0.15) is 6.10 Å². The molecule has 0 spiro atoms. The maximum Gasteiger partial charge on any atom is 0.251 e. The quantitative estimate of drug-likeness (QED) is 0.627. The van der Waals surface area contributed by atoms with Gasteiger partial charge in [-0.05, 0) is 38.1 Å². The average molecular weight is 347 g/mol. The van der Waals surface area contributed by atoms with Gasteiger partial charge < -0.3 is 20.7 Å². The Morgan fingerprint density at radius 2 is 1.96 bits per heavy atom. The number of nitrogens with zero attached hydrogens (tertiary/aromatic N) is 1. The molecule has 0 fully saturated rings. The van der Waals surface area contributed by atoms with Gasteiger partial charge in [-0.3, -0.25) is 14.4 Å². The minimum atomic E-state index is -0.581. The minimum Gasteiger partial charge on any atom is -0.366 e. The van der Waals surface area contributed by atoms with E-state index in [0.717, 1.165) is 0 Å². The molecule has 1 aromatic carbocycles. The van der Waals surface area contributed by atoms with E-state index in [1.54, 1.807) is 42.2 Å². The fraction of sp³-hybridized carbons (Fsp3) is 0.389. The zero-order valence-electron chi connectivity index (χ0n) is 14.7. The first-order valence-corrected chi connectivity index (χ1v) is 8.10. The SMILES string of the molecule is C=CCOC(C)C(=O)N(CC)CCC(=O)Nc1ccc(C(N)=O)cc1. The lowest BCUT2D eigenvalue weighted by Crippen LogP contribution is -2.40. The predicted molar refractivity (Wildman–Crippen MR) is 96.1 cm³/mol. The summed E-state index contributed by atoms with van der Waals surface area (Å²) < 4.78 is 5.32. The summed E-state index contributed by atoms with van der Waals surface area (Å²) in [6, 6.07) is 6.29. The maximum atomic E-state index is 12.2. The highest BCUT2D eigenvalue weighted by Crippen LogP contribution is 2.10. The van der Waals surface area contributed by atoms with Crippen molar-refractivity contribution < 1.29 is 19.1 Å². The molecule has 0 heterocycles. The van der Waals surface area contributed by atoms with Crippen LogP contribution in [0.2, 0.25) is 0 Å². The van der Waals surface area contributed by atoms with Crippen LogP contribution in [0.3, 0.4) is 0 Å². The van der Waals surface area contributed by atoms with Crippen molar-refractivity contribution in [2.75, 3.05) is 25.0 Å². The molecule has 0 aliphatic rings. The number of hydrogen-bond donors (Lipinski definition) is 2. The molecule has 7 heteroatoms. The van der Waals surface area contributed by atoms with Gasteiger partial charge in [0.05, 0.1) is 6.61 Å². The Bertz CT molecular complexity index is 613. The second kappa shape index (κ2) is 10.2. The number of amides is 3. The van der Waals surface area contributed by atoms with Crippen molar-refractivity contribution in [1.29, 1.82) is 0 Å².